The van der Waals surface area contributed by atoms with Crippen LogP contribution in [0.5, 0.6) is 0 Å². The number of hydrogen-bond acceptors (Lipinski definition) is 3. The van der Waals surface area contributed by atoms with Crippen LogP contribution in [0, 0.1) is 6.92 Å². The van der Waals surface area contributed by atoms with Crippen molar-refractivity contribution >= 4 is 11.9 Å². The second-order valence-electron chi connectivity index (χ2n) is 4.30. The van der Waals surface area contributed by atoms with Gasteiger partial charge >= 0.3 is 6.09 Å². The SMILES string of the molecule is Cc1cnc(N(C(=O)O)C(C)(C)C)cn1. The Kier molecular flexibility index (Phi) is 2.93. The highest BCUT2D eigenvalue weighted by molar-refractivity contribution is 5.85. The smallest absolute Gasteiger partial charge is 0.413 e. The first-order chi connectivity index (χ1) is 6.82. The summed E-state index contributed by atoms with van der Waals surface area (Å²) >= 11 is 0. The van der Waals surface area contributed by atoms with Crippen LogP contribution in [0.4, 0.5) is 10.6 Å². The van der Waals surface area contributed by atoms with E-state index in [0.29, 0.717) is 5.82 Å². The van der Waals surface area contributed by atoms with Gasteiger partial charge in [-0.1, -0.05) is 0 Å². The molecule has 0 spiro atoms. The van der Waals surface area contributed by atoms with Crippen molar-refractivity contribution in [2.45, 2.75) is 33.2 Å². The first-order valence-corrected chi connectivity index (χ1v) is 4.64. The molecule has 0 saturated carbocycles. The monoisotopic (exact) mass is 209 g/mol. The molecule has 5 heteroatoms. The molecule has 0 aliphatic heterocycles. The zero-order valence-electron chi connectivity index (χ0n) is 9.35. The van der Waals surface area contributed by atoms with Crippen molar-refractivity contribution in [3.63, 3.8) is 0 Å². The lowest BCUT2D eigenvalue weighted by atomic mass is 10.1. The molecule has 0 aliphatic carbocycles. The van der Waals surface area contributed by atoms with Gasteiger partial charge in [0.1, 0.15) is 0 Å². The number of aryl methyl sites for hydroxylation is 1. The fourth-order valence-corrected chi connectivity index (χ4v) is 1.23. The zero-order chi connectivity index (χ0) is 11.6. The van der Waals surface area contributed by atoms with Gasteiger partial charge in [-0.15, -0.1) is 0 Å². The molecule has 1 heterocycles. The quantitative estimate of drug-likeness (QED) is 0.768. The molecule has 0 aliphatic rings. The van der Waals surface area contributed by atoms with Gasteiger partial charge in [-0.25, -0.2) is 9.78 Å². The summed E-state index contributed by atoms with van der Waals surface area (Å²) in [7, 11) is 0. The van der Waals surface area contributed by atoms with Gasteiger partial charge < -0.3 is 5.11 Å². The van der Waals surface area contributed by atoms with Crippen LogP contribution in [0.2, 0.25) is 0 Å². The number of amides is 1. The summed E-state index contributed by atoms with van der Waals surface area (Å²) in [6, 6.07) is 0. The number of aromatic nitrogens is 2. The van der Waals surface area contributed by atoms with E-state index in [4.69, 9.17) is 5.11 Å². The third kappa shape index (κ3) is 2.65. The Morgan fingerprint density at radius 1 is 1.33 bits per heavy atom. The van der Waals surface area contributed by atoms with E-state index in [2.05, 4.69) is 9.97 Å². The van der Waals surface area contributed by atoms with Crippen LogP contribution in [-0.4, -0.2) is 26.7 Å². The third-order valence-electron chi connectivity index (χ3n) is 1.86. The normalized spacial score (nSPS) is 11.2. The number of rotatable bonds is 1. The molecule has 1 aromatic heterocycles. The number of carbonyl (C=O) groups is 1. The highest BCUT2D eigenvalue weighted by Gasteiger charge is 2.28. The molecule has 1 aromatic rings. The standard InChI is InChI=1S/C10H15N3O2/c1-7-5-12-8(6-11-7)13(9(14)15)10(2,3)4/h5-6H,1-4H3,(H,14,15). The molecule has 0 unspecified atom stereocenters. The number of nitrogens with zero attached hydrogens (tertiary/aromatic N) is 3. The Morgan fingerprint density at radius 3 is 2.27 bits per heavy atom. The van der Waals surface area contributed by atoms with E-state index < -0.39 is 11.6 Å². The largest absolute Gasteiger partial charge is 0.465 e. The minimum atomic E-state index is -1.03. The Bertz CT molecular complexity index is 354. The molecule has 1 rings (SSSR count). The topological polar surface area (TPSA) is 66.3 Å². The van der Waals surface area contributed by atoms with E-state index >= 15 is 0 Å². The van der Waals surface area contributed by atoms with E-state index in [1.54, 1.807) is 13.1 Å². The Morgan fingerprint density at radius 2 is 1.93 bits per heavy atom. The van der Waals surface area contributed by atoms with Gasteiger partial charge in [0.2, 0.25) is 0 Å². The van der Waals surface area contributed by atoms with Crippen LogP contribution < -0.4 is 4.90 Å². The molecule has 0 radical (unpaired) electrons. The van der Waals surface area contributed by atoms with Crippen LogP contribution >= 0.6 is 0 Å². The molecule has 1 N–H and O–H groups in total. The predicted octanol–water partition coefficient (Wildman–Crippen LogP) is 2.07. The molecule has 0 fully saturated rings. The Hall–Kier alpha value is -1.65. The van der Waals surface area contributed by atoms with Crippen molar-refractivity contribution in [2.24, 2.45) is 0 Å². The molecule has 5 nitrogen and oxygen atoms in total. The lowest BCUT2D eigenvalue weighted by Gasteiger charge is -2.31. The van der Waals surface area contributed by atoms with Gasteiger partial charge in [0.25, 0.3) is 0 Å². The van der Waals surface area contributed by atoms with Crippen molar-refractivity contribution in [3.8, 4) is 0 Å². The summed E-state index contributed by atoms with van der Waals surface area (Å²) in [5, 5.41) is 9.09. The maximum atomic E-state index is 11.1. The van der Waals surface area contributed by atoms with Crippen LogP contribution in [0.25, 0.3) is 0 Å². The zero-order valence-corrected chi connectivity index (χ0v) is 9.35. The summed E-state index contributed by atoms with van der Waals surface area (Å²) in [6.07, 6.45) is 1.99. The number of hydrogen-bond donors (Lipinski definition) is 1. The van der Waals surface area contributed by atoms with Crippen molar-refractivity contribution in [1.82, 2.24) is 9.97 Å². The lowest BCUT2D eigenvalue weighted by molar-refractivity contribution is 0.195. The first kappa shape index (κ1) is 11.4. The van der Waals surface area contributed by atoms with Gasteiger partial charge in [0.15, 0.2) is 5.82 Å². The van der Waals surface area contributed by atoms with Gasteiger partial charge in [-0.05, 0) is 27.7 Å². The molecule has 0 bridgehead atoms. The predicted molar refractivity (Wildman–Crippen MR) is 57.0 cm³/mol. The fourth-order valence-electron chi connectivity index (χ4n) is 1.23. The average Bonchev–Trinajstić information content (AvgIpc) is 2.05. The van der Waals surface area contributed by atoms with E-state index in [1.807, 2.05) is 20.8 Å². The van der Waals surface area contributed by atoms with Crippen LogP contribution in [-0.2, 0) is 0 Å². The second kappa shape index (κ2) is 3.84. The number of carboxylic acid groups (broad SMARTS) is 1. The minimum absolute atomic E-state index is 0.348. The van der Waals surface area contributed by atoms with Crippen LogP contribution in [0.15, 0.2) is 12.4 Å². The average molecular weight is 209 g/mol. The van der Waals surface area contributed by atoms with Crippen LogP contribution in [0.3, 0.4) is 0 Å². The van der Waals surface area contributed by atoms with Crippen molar-refractivity contribution in [3.05, 3.63) is 18.1 Å². The summed E-state index contributed by atoms with van der Waals surface area (Å²) in [6.45, 7) is 7.23. The molecular weight excluding hydrogens is 194 g/mol. The molecule has 0 saturated heterocycles. The third-order valence-corrected chi connectivity index (χ3v) is 1.86. The lowest BCUT2D eigenvalue weighted by Crippen LogP contribution is -2.45. The molecule has 15 heavy (non-hydrogen) atoms. The van der Waals surface area contributed by atoms with E-state index in [9.17, 15) is 4.79 Å². The van der Waals surface area contributed by atoms with Gasteiger partial charge in [0.05, 0.1) is 18.1 Å². The van der Waals surface area contributed by atoms with Crippen molar-refractivity contribution < 1.29 is 9.90 Å². The van der Waals surface area contributed by atoms with E-state index in [0.717, 1.165) is 5.69 Å². The fraction of sp³-hybridized carbons (Fsp3) is 0.500. The molecule has 1 amide bonds. The Labute approximate surface area is 88.8 Å². The summed E-state index contributed by atoms with van der Waals surface area (Å²) in [5.41, 5.74) is 0.230. The first-order valence-electron chi connectivity index (χ1n) is 4.64. The van der Waals surface area contributed by atoms with Crippen molar-refractivity contribution in [2.75, 3.05) is 4.90 Å². The molecule has 82 valence electrons. The van der Waals surface area contributed by atoms with Gasteiger partial charge in [-0.3, -0.25) is 9.88 Å². The number of anilines is 1. The summed E-state index contributed by atoms with van der Waals surface area (Å²) < 4.78 is 0. The van der Waals surface area contributed by atoms with Gasteiger partial charge in [-0.2, -0.15) is 0 Å². The molecule has 0 aromatic carbocycles. The summed E-state index contributed by atoms with van der Waals surface area (Å²) in [5.74, 6) is 0.348. The van der Waals surface area contributed by atoms with Gasteiger partial charge in [0, 0.05) is 5.54 Å². The Balaban J connectivity index is 3.11. The maximum Gasteiger partial charge on any atom is 0.413 e. The molecular formula is C10H15N3O2. The van der Waals surface area contributed by atoms with E-state index in [1.165, 1.54) is 11.1 Å². The minimum Gasteiger partial charge on any atom is -0.465 e. The maximum absolute atomic E-state index is 11.1. The van der Waals surface area contributed by atoms with E-state index in [-0.39, 0.29) is 0 Å². The second-order valence-corrected chi connectivity index (χ2v) is 4.30. The van der Waals surface area contributed by atoms with Crippen molar-refractivity contribution in [1.29, 1.82) is 0 Å². The summed E-state index contributed by atoms with van der Waals surface area (Å²) in [4.78, 5) is 20.4. The molecule has 0 atom stereocenters. The van der Waals surface area contributed by atoms with Crippen LogP contribution in [0.1, 0.15) is 26.5 Å². The highest BCUT2D eigenvalue weighted by atomic mass is 16.4. The highest BCUT2D eigenvalue weighted by Crippen LogP contribution is 2.20.